The highest BCUT2D eigenvalue weighted by atomic mass is 16.5. The first-order chi connectivity index (χ1) is 9.22. The van der Waals surface area contributed by atoms with Gasteiger partial charge in [0.2, 0.25) is 0 Å². The molecule has 0 aliphatic rings. The lowest BCUT2D eigenvalue weighted by atomic mass is 10.2. The van der Waals surface area contributed by atoms with E-state index in [2.05, 4.69) is 21.5 Å². The van der Waals surface area contributed by atoms with Gasteiger partial charge >= 0.3 is 0 Å². The molecule has 6 heteroatoms. The SMILES string of the molecule is Cc1cc(NN)nc(COc2ccccc2C#N)n1. The topological polar surface area (TPSA) is 96.9 Å². The Kier molecular flexibility index (Phi) is 3.90. The lowest BCUT2D eigenvalue weighted by molar-refractivity contribution is 0.295. The minimum Gasteiger partial charge on any atom is -0.484 e. The molecule has 0 spiro atoms. The molecule has 0 radical (unpaired) electrons. The molecule has 19 heavy (non-hydrogen) atoms. The van der Waals surface area contributed by atoms with Crippen molar-refractivity contribution < 1.29 is 4.74 Å². The summed E-state index contributed by atoms with van der Waals surface area (Å²) in [5, 5.41) is 8.95. The van der Waals surface area contributed by atoms with Gasteiger partial charge in [0.25, 0.3) is 0 Å². The van der Waals surface area contributed by atoms with Crippen molar-refractivity contribution in [2.75, 3.05) is 5.43 Å². The summed E-state index contributed by atoms with van der Waals surface area (Å²) in [5.41, 5.74) is 3.74. The lowest BCUT2D eigenvalue weighted by Gasteiger charge is -2.08. The molecular formula is C13H13N5O. The number of para-hydroxylation sites is 1. The molecule has 0 saturated carbocycles. The van der Waals surface area contributed by atoms with Crippen LogP contribution in [-0.2, 0) is 6.61 Å². The molecule has 96 valence electrons. The van der Waals surface area contributed by atoms with E-state index in [4.69, 9.17) is 15.8 Å². The monoisotopic (exact) mass is 255 g/mol. The van der Waals surface area contributed by atoms with Gasteiger partial charge in [-0.1, -0.05) is 12.1 Å². The molecule has 0 amide bonds. The number of anilines is 1. The maximum atomic E-state index is 8.95. The van der Waals surface area contributed by atoms with Gasteiger partial charge in [0.1, 0.15) is 24.2 Å². The molecule has 0 bridgehead atoms. The Morgan fingerprint density at radius 3 is 2.89 bits per heavy atom. The summed E-state index contributed by atoms with van der Waals surface area (Å²) >= 11 is 0. The van der Waals surface area contributed by atoms with Crippen molar-refractivity contribution in [3.8, 4) is 11.8 Å². The second-order valence-electron chi connectivity index (χ2n) is 3.85. The largest absolute Gasteiger partial charge is 0.484 e. The van der Waals surface area contributed by atoms with Crippen LogP contribution in [0.4, 0.5) is 5.82 Å². The second-order valence-corrected chi connectivity index (χ2v) is 3.85. The molecule has 2 rings (SSSR count). The van der Waals surface area contributed by atoms with E-state index < -0.39 is 0 Å². The van der Waals surface area contributed by atoms with Crippen molar-refractivity contribution in [2.45, 2.75) is 13.5 Å². The van der Waals surface area contributed by atoms with Crippen LogP contribution in [0, 0.1) is 18.3 Å². The van der Waals surface area contributed by atoms with E-state index in [1.54, 1.807) is 30.3 Å². The molecule has 0 saturated heterocycles. The van der Waals surface area contributed by atoms with Crippen LogP contribution in [-0.4, -0.2) is 9.97 Å². The minimum atomic E-state index is 0.176. The summed E-state index contributed by atoms with van der Waals surface area (Å²) in [6.45, 7) is 2.02. The third kappa shape index (κ3) is 3.18. The number of hydrogen-bond acceptors (Lipinski definition) is 6. The number of nitriles is 1. The van der Waals surface area contributed by atoms with Gasteiger partial charge in [-0.2, -0.15) is 5.26 Å². The van der Waals surface area contributed by atoms with Crippen molar-refractivity contribution in [1.29, 1.82) is 5.26 Å². The Morgan fingerprint density at radius 2 is 2.16 bits per heavy atom. The van der Waals surface area contributed by atoms with Crippen LogP contribution >= 0.6 is 0 Å². The fourth-order valence-corrected chi connectivity index (χ4v) is 1.60. The Labute approximate surface area is 110 Å². The first-order valence-electron chi connectivity index (χ1n) is 5.66. The molecule has 1 aromatic heterocycles. The highest BCUT2D eigenvalue weighted by Crippen LogP contribution is 2.17. The quantitative estimate of drug-likeness (QED) is 0.635. The molecule has 0 fully saturated rings. The number of hydrogen-bond donors (Lipinski definition) is 2. The summed E-state index contributed by atoms with van der Waals surface area (Å²) in [4.78, 5) is 8.41. The number of nitrogens with zero attached hydrogens (tertiary/aromatic N) is 3. The minimum absolute atomic E-state index is 0.176. The van der Waals surface area contributed by atoms with Crippen molar-refractivity contribution in [2.24, 2.45) is 5.84 Å². The van der Waals surface area contributed by atoms with Gasteiger partial charge in [-0.15, -0.1) is 0 Å². The number of nitrogens with two attached hydrogens (primary N) is 1. The van der Waals surface area contributed by atoms with E-state index >= 15 is 0 Å². The first kappa shape index (κ1) is 12.8. The molecule has 6 nitrogen and oxygen atoms in total. The van der Waals surface area contributed by atoms with Crippen LogP contribution in [0.3, 0.4) is 0 Å². The van der Waals surface area contributed by atoms with Gasteiger partial charge in [-0.25, -0.2) is 15.8 Å². The summed E-state index contributed by atoms with van der Waals surface area (Å²) in [5.74, 6) is 6.86. The Balaban J connectivity index is 2.15. The number of aryl methyl sites for hydroxylation is 1. The zero-order chi connectivity index (χ0) is 13.7. The van der Waals surface area contributed by atoms with Crippen molar-refractivity contribution in [1.82, 2.24) is 9.97 Å². The number of benzene rings is 1. The predicted octanol–water partition coefficient (Wildman–Crippen LogP) is 1.52. The van der Waals surface area contributed by atoms with Crippen LogP contribution in [0.2, 0.25) is 0 Å². The van der Waals surface area contributed by atoms with Gasteiger partial charge in [-0.3, -0.25) is 0 Å². The number of nitrogen functional groups attached to an aromatic ring is 1. The van der Waals surface area contributed by atoms with E-state index in [0.29, 0.717) is 23.0 Å². The fourth-order valence-electron chi connectivity index (χ4n) is 1.60. The summed E-state index contributed by atoms with van der Waals surface area (Å²) < 4.78 is 5.55. The van der Waals surface area contributed by atoms with E-state index in [-0.39, 0.29) is 6.61 Å². The summed E-state index contributed by atoms with van der Waals surface area (Å²) in [6.07, 6.45) is 0. The Bertz CT molecular complexity index is 621. The van der Waals surface area contributed by atoms with E-state index in [1.165, 1.54) is 0 Å². The van der Waals surface area contributed by atoms with Crippen LogP contribution in [0.1, 0.15) is 17.1 Å². The number of ether oxygens (including phenoxy) is 1. The smallest absolute Gasteiger partial charge is 0.168 e. The van der Waals surface area contributed by atoms with E-state index in [0.717, 1.165) is 5.69 Å². The molecular weight excluding hydrogens is 242 g/mol. The molecule has 0 aliphatic heterocycles. The summed E-state index contributed by atoms with van der Waals surface area (Å²) in [6, 6.07) is 10.8. The molecule has 1 aromatic carbocycles. The van der Waals surface area contributed by atoms with E-state index in [1.807, 2.05) is 6.92 Å². The molecule has 0 atom stereocenters. The summed E-state index contributed by atoms with van der Waals surface area (Å²) in [7, 11) is 0. The average Bonchev–Trinajstić information content (AvgIpc) is 2.44. The lowest BCUT2D eigenvalue weighted by Crippen LogP contribution is -2.12. The van der Waals surface area contributed by atoms with Crippen LogP contribution in [0.25, 0.3) is 0 Å². The average molecular weight is 255 g/mol. The van der Waals surface area contributed by atoms with Crippen LogP contribution < -0.4 is 16.0 Å². The molecule has 0 unspecified atom stereocenters. The maximum Gasteiger partial charge on any atom is 0.168 e. The van der Waals surface area contributed by atoms with Crippen molar-refractivity contribution in [3.05, 3.63) is 47.4 Å². The van der Waals surface area contributed by atoms with Crippen LogP contribution in [0.15, 0.2) is 30.3 Å². The Hall–Kier alpha value is -2.65. The molecule has 2 aromatic rings. The Morgan fingerprint density at radius 1 is 1.37 bits per heavy atom. The fraction of sp³-hybridized carbons (Fsp3) is 0.154. The van der Waals surface area contributed by atoms with Gasteiger partial charge in [0, 0.05) is 11.8 Å². The third-order valence-electron chi connectivity index (χ3n) is 2.41. The third-order valence-corrected chi connectivity index (χ3v) is 2.41. The molecule has 0 aliphatic carbocycles. The highest BCUT2D eigenvalue weighted by molar-refractivity contribution is 5.42. The maximum absolute atomic E-state index is 8.95. The van der Waals surface area contributed by atoms with Gasteiger partial charge in [0.05, 0.1) is 5.56 Å². The van der Waals surface area contributed by atoms with Gasteiger partial charge in [-0.05, 0) is 19.1 Å². The number of aromatic nitrogens is 2. The molecule has 3 N–H and O–H groups in total. The van der Waals surface area contributed by atoms with Crippen LogP contribution in [0.5, 0.6) is 5.75 Å². The van der Waals surface area contributed by atoms with Gasteiger partial charge < -0.3 is 10.2 Å². The molecule has 1 heterocycles. The second kappa shape index (κ2) is 5.80. The number of nitrogens with one attached hydrogen (secondary N) is 1. The van der Waals surface area contributed by atoms with Crippen molar-refractivity contribution in [3.63, 3.8) is 0 Å². The highest BCUT2D eigenvalue weighted by Gasteiger charge is 2.05. The number of rotatable bonds is 4. The standard InChI is InChI=1S/C13H13N5O/c1-9-6-12(18-15)17-13(16-9)8-19-11-5-3-2-4-10(11)7-14/h2-6H,8,15H2,1H3,(H,16,17,18). The van der Waals surface area contributed by atoms with E-state index in [9.17, 15) is 0 Å². The first-order valence-corrected chi connectivity index (χ1v) is 5.66. The number of hydrazine groups is 1. The van der Waals surface area contributed by atoms with Crippen molar-refractivity contribution >= 4 is 5.82 Å². The predicted molar refractivity (Wildman–Crippen MR) is 70.1 cm³/mol. The zero-order valence-electron chi connectivity index (χ0n) is 10.4. The van der Waals surface area contributed by atoms with Gasteiger partial charge in [0.15, 0.2) is 5.82 Å². The zero-order valence-corrected chi connectivity index (χ0v) is 10.4. The normalized spacial score (nSPS) is 9.74.